The molecule has 1 aromatic rings. The number of carbonyl (C=O) groups is 1. The maximum absolute atomic E-state index is 12.9. The third kappa shape index (κ3) is 4.42. The predicted molar refractivity (Wildman–Crippen MR) is 106 cm³/mol. The van der Waals surface area contributed by atoms with E-state index in [4.69, 9.17) is 23.2 Å². The first kappa shape index (κ1) is 19.7. The van der Waals surface area contributed by atoms with Gasteiger partial charge in [-0.2, -0.15) is 0 Å². The number of nitrogens with zero attached hydrogens (tertiary/aromatic N) is 4. The van der Waals surface area contributed by atoms with E-state index in [1.807, 2.05) is 7.05 Å². The second-order valence-electron chi connectivity index (χ2n) is 7.62. The van der Waals surface area contributed by atoms with E-state index in [1.165, 1.54) is 12.8 Å². The first-order valence-corrected chi connectivity index (χ1v) is 10.4. The number of halogens is 2. The number of rotatable bonds is 6. The molecule has 26 heavy (non-hydrogen) atoms. The molecule has 0 bridgehead atoms. The van der Waals surface area contributed by atoms with Gasteiger partial charge in [0.15, 0.2) is 0 Å². The van der Waals surface area contributed by atoms with Crippen LogP contribution < -0.4 is 4.90 Å². The highest BCUT2D eigenvalue weighted by Gasteiger charge is 2.40. The van der Waals surface area contributed by atoms with Gasteiger partial charge in [0.2, 0.25) is 11.9 Å². The van der Waals surface area contributed by atoms with E-state index in [1.54, 1.807) is 6.07 Å². The summed E-state index contributed by atoms with van der Waals surface area (Å²) in [5.74, 6) is 1.52. The fourth-order valence-corrected chi connectivity index (χ4v) is 4.49. The third-order valence-corrected chi connectivity index (χ3v) is 6.17. The number of carbonyl (C=O) groups excluding carboxylic acids is 1. The SMILES string of the molecule is CC[C@@H]1CC(N(C)c2nc(Cl)cc(Cl)n2)C[C@H](CC)N1C(=O)CC1CC1. The molecule has 7 heteroatoms. The van der Waals surface area contributed by atoms with E-state index in [9.17, 15) is 4.79 Å². The van der Waals surface area contributed by atoms with Gasteiger partial charge in [0.05, 0.1) is 0 Å². The van der Waals surface area contributed by atoms with E-state index in [0.717, 1.165) is 32.1 Å². The van der Waals surface area contributed by atoms with Crippen molar-refractivity contribution >= 4 is 35.1 Å². The number of hydrogen-bond donors (Lipinski definition) is 0. The average molecular weight is 399 g/mol. The topological polar surface area (TPSA) is 49.3 Å². The maximum Gasteiger partial charge on any atom is 0.228 e. The summed E-state index contributed by atoms with van der Waals surface area (Å²) >= 11 is 12.1. The fourth-order valence-electron chi connectivity index (χ4n) is 4.07. The standard InChI is InChI=1S/C19H28Cl2N4O/c1-4-13-9-15(24(3)19-22-16(20)11-17(21)23-19)10-14(5-2)25(13)18(26)8-12-6-7-12/h11-15H,4-10H2,1-3H3/t13-,14+,15?. The zero-order valence-corrected chi connectivity index (χ0v) is 17.3. The highest BCUT2D eigenvalue weighted by Crippen LogP contribution is 2.36. The Kier molecular flexibility index (Phi) is 6.29. The Balaban J connectivity index is 1.77. The fraction of sp³-hybridized carbons (Fsp3) is 0.737. The van der Waals surface area contributed by atoms with E-state index in [-0.39, 0.29) is 18.1 Å². The molecule has 0 N–H and O–H groups in total. The molecule has 2 aliphatic rings. The molecule has 1 unspecified atom stereocenters. The van der Waals surface area contributed by atoms with Crippen molar-refractivity contribution in [3.63, 3.8) is 0 Å². The summed E-state index contributed by atoms with van der Waals surface area (Å²) in [5.41, 5.74) is 0. The number of piperidine rings is 1. The van der Waals surface area contributed by atoms with Gasteiger partial charge in [0.1, 0.15) is 10.3 Å². The lowest BCUT2D eigenvalue weighted by atomic mass is 9.87. The van der Waals surface area contributed by atoms with Crippen LogP contribution in [0.25, 0.3) is 0 Å². The minimum Gasteiger partial charge on any atom is -0.341 e. The van der Waals surface area contributed by atoms with Crippen LogP contribution in [0.3, 0.4) is 0 Å². The average Bonchev–Trinajstić information content (AvgIpc) is 3.42. The van der Waals surface area contributed by atoms with Crippen molar-refractivity contribution in [1.29, 1.82) is 0 Å². The summed E-state index contributed by atoms with van der Waals surface area (Å²) in [4.78, 5) is 25.8. The Morgan fingerprint density at radius 1 is 1.15 bits per heavy atom. The molecule has 5 nitrogen and oxygen atoms in total. The molecule has 1 amide bonds. The smallest absolute Gasteiger partial charge is 0.228 e. The normalized spacial score (nSPS) is 26.0. The largest absolute Gasteiger partial charge is 0.341 e. The van der Waals surface area contributed by atoms with Crippen molar-refractivity contribution in [1.82, 2.24) is 14.9 Å². The van der Waals surface area contributed by atoms with Gasteiger partial charge in [-0.05, 0) is 44.4 Å². The van der Waals surface area contributed by atoms with Gasteiger partial charge in [0.25, 0.3) is 0 Å². The van der Waals surface area contributed by atoms with Crippen LogP contribution in [0.1, 0.15) is 58.8 Å². The zero-order valence-electron chi connectivity index (χ0n) is 15.8. The second kappa shape index (κ2) is 8.30. The number of aromatic nitrogens is 2. The van der Waals surface area contributed by atoms with Gasteiger partial charge in [-0.25, -0.2) is 9.97 Å². The molecular formula is C19H28Cl2N4O. The Bertz CT molecular complexity index is 618. The minimum absolute atomic E-state index is 0.266. The molecule has 3 atom stereocenters. The lowest BCUT2D eigenvalue weighted by molar-refractivity contribution is -0.139. The van der Waals surface area contributed by atoms with Crippen LogP contribution in [0.4, 0.5) is 5.95 Å². The van der Waals surface area contributed by atoms with E-state index < -0.39 is 0 Å². The summed E-state index contributed by atoms with van der Waals surface area (Å²) in [5, 5.41) is 0.700. The second-order valence-corrected chi connectivity index (χ2v) is 8.40. The first-order chi connectivity index (χ1) is 12.4. The first-order valence-electron chi connectivity index (χ1n) is 9.66. The highest BCUT2D eigenvalue weighted by molar-refractivity contribution is 6.33. The van der Waals surface area contributed by atoms with Crippen LogP contribution in [0.2, 0.25) is 10.3 Å². The van der Waals surface area contributed by atoms with Gasteiger partial charge in [-0.1, -0.05) is 37.0 Å². The van der Waals surface area contributed by atoms with E-state index in [2.05, 4.69) is 33.6 Å². The van der Waals surface area contributed by atoms with Gasteiger partial charge in [-0.3, -0.25) is 4.79 Å². The van der Waals surface area contributed by atoms with Crippen LogP contribution in [-0.2, 0) is 4.79 Å². The van der Waals surface area contributed by atoms with Crippen LogP contribution in [0, 0.1) is 5.92 Å². The van der Waals surface area contributed by atoms with Crippen LogP contribution in [0.5, 0.6) is 0 Å². The van der Waals surface area contributed by atoms with Gasteiger partial charge >= 0.3 is 0 Å². The van der Waals surface area contributed by atoms with Crippen molar-refractivity contribution in [3.8, 4) is 0 Å². The molecule has 2 fully saturated rings. The Morgan fingerprint density at radius 3 is 2.15 bits per heavy atom. The molecule has 1 aliphatic carbocycles. The van der Waals surface area contributed by atoms with Gasteiger partial charge in [0, 0.05) is 37.7 Å². The lowest BCUT2D eigenvalue weighted by Gasteiger charge is -2.47. The molecule has 0 aromatic carbocycles. The molecule has 1 aromatic heterocycles. The molecule has 3 rings (SSSR count). The Hall–Kier alpha value is -1.07. The Morgan fingerprint density at radius 2 is 1.69 bits per heavy atom. The molecule has 0 radical (unpaired) electrons. The van der Waals surface area contributed by atoms with Crippen LogP contribution >= 0.6 is 23.2 Å². The summed E-state index contributed by atoms with van der Waals surface area (Å²) in [6.07, 6.45) is 6.93. The summed E-state index contributed by atoms with van der Waals surface area (Å²) < 4.78 is 0. The van der Waals surface area contributed by atoms with E-state index in [0.29, 0.717) is 28.1 Å². The van der Waals surface area contributed by atoms with Crippen molar-refractivity contribution in [2.24, 2.45) is 5.92 Å². The summed E-state index contributed by atoms with van der Waals surface area (Å²) in [6.45, 7) is 4.34. The molecule has 2 heterocycles. The summed E-state index contributed by atoms with van der Waals surface area (Å²) in [7, 11) is 1.99. The lowest BCUT2D eigenvalue weighted by Crippen LogP contribution is -2.56. The number of likely N-dealkylation sites (tertiary alicyclic amines) is 1. The molecule has 144 valence electrons. The van der Waals surface area contributed by atoms with Crippen LogP contribution in [-0.4, -0.2) is 45.9 Å². The number of anilines is 1. The maximum atomic E-state index is 12.9. The third-order valence-electron chi connectivity index (χ3n) is 5.78. The monoisotopic (exact) mass is 398 g/mol. The molecule has 1 saturated carbocycles. The Labute approximate surface area is 166 Å². The van der Waals surface area contributed by atoms with Crippen molar-refractivity contribution in [2.45, 2.75) is 76.9 Å². The molecule has 1 aliphatic heterocycles. The van der Waals surface area contributed by atoms with E-state index >= 15 is 0 Å². The number of hydrogen-bond acceptors (Lipinski definition) is 4. The summed E-state index contributed by atoms with van der Waals surface area (Å²) in [6, 6.07) is 2.34. The van der Waals surface area contributed by atoms with Gasteiger partial charge in [-0.15, -0.1) is 0 Å². The molecule has 0 spiro atoms. The van der Waals surface area contributed by atoms with Crippen molar-refractivity contribution in [2.75, 3.05) is 11.9 Å². The quantitative estimate of drug-likeness (QED) is 0.658. The van der Waals surface area contributed by atoms with Crippen molar-refractivity contribution < 1.29 is 4.79 Å². The highest BCUT2D eigenvalue weighted by atomic mass is 35.5. The number of amides is 1. The minimum atomic E-state index is 0.266. The van der Waals surface area contributed by atoms with Crippen LogP contribution in [0.15, 0.2) is 6.07 Å². The zero-order chi connectivity index (χ0) is 18.8. The van der Waals surface area contributed by atoms with Crippen molar-refractivity contribution in [3.05, 3.63) is 16.4 Å². The molecule has 1 saturated heterocycles. The van der Waals surface area contributed by atoms with Gasteiger partial charge < -0.3 is 9.80 Å². The molecular weight excluding hydrogens is 371 g/mol. The predicted octanol–water partition coefficient (Wildman–Crippen LogP) is 4.57.